The van der Waals surface area contributed by atoms with Crippen LogP contribution < -0.4 is 5.73 Å². The Morgan fingerprint density at radius 2 is 2.16 bits per heavy atom. The molecule has 2 N–H and O–H groups in total. The van der Waals surface area contributed by atoms with Crippen molar-refractivity contribution < 1.29 is 22.7 Å². The lowest BCUT2D eigenvalue weighted by molar-refractivity contribution is -0.206. The van der Waals surface area contributed by atoms with Crippen LogP contribution >= 0.6 is 0 Å². The predicted octanol–water partition coefficient (Wildman–Crippen LogP) is 1.79. The van der Waals surface area contributed by atoms with Crippen molar-refractivity contribution in [1.29, 1.82) is 0 Å². The summed E-state index contributed by atoms with van der Waals surface area (Å²) in [6.45, 7) is 4.14. The number of nitrogens with two attached hydrogens (primary N) is 1. The Balaban J connectivity index is 2.92. The summed E-state index contributed by atoms with van der Waals surface area (Å²) >= 11 is 0. The van der Waals surface area contributed by atoms with Crippen LogP contribution in [0, 0.1) is 0 Å². The second-order valence-corrected chi connectivity index (χ2v) is 4.02. The van der Waals surface area contributed by atoms with Gasteiger partial charge < -0.3 is 15.0 Å². The summed E-state index contributed by atoms with van der Waals surface area (Å²) in [5.74, 6) is -2.26. The molecule has 0 aliphatic rings. The number of ether oxygens (including phenoxy) is 1. The van der Waals surface area contributed by atoms with Gasteiger partial charge in [0, 0.05) is 18.8 Å². The van der Waals surface area contributed by atoms with E-state index < -0.39 is 24.3 Å². The number of alkyl halides is 3. The Hall–Kier alpha value is -1.57. The van der Waals surface area contributed by atoms with Crippen LogP contribution in [0.3, 0.4) is 0 Å². The van der Waals surface area contributed by atoms with Crippen LogP contribution in [0.15, 0.2) is 12.5 Å². The second-order valence-electron chi connectivity index (χ2n) is 4.02. The molecule has 0 radical (unpaired) electrons. The highest BCUT2D eigenvalue weighted by molar-refractivity contribution is 5.75. The third kappa shape index (κ3) is 3.95. The van der Waals surface area contributed by atoms with Gasteiger partial charge in [0.15, 0.2) is 6.10 Å². The summed E-state index contributed by atoms with van der Waals surface area (Å²) in [6, 6.07) is -0.744. The van der Waals surface area contributed by atoms with Crippen molar-refractivity contribution in [3.63, 3.8) is 0 Å². The minimum atomic E-state index is -5.04. The number of hydrogen-bond acceptors (Lipinski definition) is 4. The molecule has 5 nitrogen and oxygen atoms in total. The molecule has 0 amide bonds. The van der Waals surface area contributed by atoms with Crippen molar-refractivity contribution >= 4 is 5.97 Å². The fraction of sp³-hybridized carbons (Fsp3) is 0.636. The molecule has 0 spiro atoms. The van der Waals surface area contributed by atoms with Crippen LogP contribution in [0.1, 0.15) is 32.1 Å². The van der Waals surface area contributed by atoms with E-state index in [1.54, 1.807) is 11.5 Å². The van der Waals surface area contributed by atoms with Crippen molar-refractivity contribution in [1.82, 2.24) is 9.55 Å². The molecule has 0 aliphatic heterocycles. The zero-order valence-electron chi connectivity index (χ0n) is 10.6. The number of esters is 1. The number of aryl methyl sites for hydroxylation is 1. The Labute approximate surface area is 108 Å². The maximum absolute atomic E-state index is 12.2. The van der Waals surface area contributed by atoms with Gasteiger partial charge in [-0.2, -0.15) is 13.2 Å². The topological polar surface area (TPSA) is 70.1 Å². The number of nitrogens with zero attached hydrogens (tertiary/aromatic N) is 2. The van der Waals surface area contributed by atoms with Gasteiger partial charge in [0.2, 0.25) is 0 Å². The largest absolute Gasteiger partial charge is 0.490 e. The van der Waals surface area contributed by atoms with Crippen molar-refractivity contribution in [3.8, 4) is 0 Å². The van der Waals surface area contributed by atoms with Gasteiger partial charge in [0.1, 0.15) is 5.69 Å². The lowest BCUT2D eigenvalue weighted by Gasteiger charge is -2.22. The number of rotatable bonds is 5. The van der Waals surface area contributed by atoms with E-state index in [2.05, 4.69) is 9.72 Å². The van der Waals surface area contributed by atoms with Crippen molar-refractivity contribution in [2.24, 2.45) is 5.73 Å². The average molecular weight is 279 g/mol. The average Bonchev–Trinajstić information content (AvgIpc) is 2.81. The van der Waals surface area contributed by atoms with E-state index in [-0.39, 0.29) is 5.69 Å². The van der Waals surface area contributed by atoms with Crippen molar-refractivity contribution in [2.45, 2.75) is 45.1 Å². The highest BCUT2D eigenvalue weighted by Crippen LogP contribution is 2.25. The smallest absolute Gasteiger partial charge is 0.447 e. The Morgan fingerprint density at radius 1 is 1.53 bits per heavy atom. The fourth-order valence-corrected chi connectivity index (χ4v) is 1.46. The molecule has 0 saturated carbocycles. The zero-order chi connectivity index (χ0) is 14.6. The van der Waals surface area contributed by atoms with Crippen LogP contribution in [0.4, 0.5) is 13.2 Å². The summed E-state index contributed by atoms with van der Waals surface area (Å²) in [6.07, 6.45) is -2.92. The first-order chi connectivity index (χ1) is 8.79. The van der Waals surface area contributed by atoms with E-state index in [0.29, 0.717) is 13.0 Å². The van der Waals surface area contributed by atoms with Crippen molar-refractivity contribution in [3.05, 3.63) is 18.2 Å². The summed E-state index contributed by atoms with van der Waals surface area (Å²) < 4.78 is 42.8. The second kappa shape index (κ2) is 6.05. The lowest BCUT2D eigenvalue weighted by atomic mass is 10.1. The Morgan fingerprint density at radius 3 is 2.58 bits per heavy atom. The lowest BCUT2D eigenvalue weighted by Crippen LogP contribution is -2.35. The van der Waals surface area contributed by atoms with Gasteiger partial charge in [0.25, 0.3) is 0 Å². The number of carbonyl (C=O) groups excluding carboxylic acids is 1. The van der Waals surface area contributed by atoms with Gasteiger partial charge >= 0.3 is 12.1 Å². The maximum Gasteiger partial charge on any atom is 0.490 e. The first-order valence-corrected chi connectivity index (χ1v) is 5.84. The van der Waals surface area contributed by atoms with Gasteiger partial charge in [-0.15, -0.1) is 0 Å². The van der Waals surface area contributed by atoms with Gasteiger partial charge in [0.05, 0.1) is 6.33 Å². The molecule has 2 atom stereocenters. The quantitative estimate of drug-likeness (QED) is 0.834. The van der Waals surface area contributed by atoms with Crippen molar-refractivity contribution in [2.75, 3.05) is 0 Å². The molecular formula is C11H16F3N3O2. The SMILES string of the molecule is CCC(N)C(OC(=O)C(F)(F)F)c1cn(CC)cn1. The number of halogens is 3. The molecule has 1 heterocycles. The first-order valence-electron chi connectivity index (χ1n) is 5.84. The van der Waals surface area contributed by atoms with E-state index in [1.165, 1.54) is 12.5 Å². The highest BCUT2D eigenvalue weighted by atomic mass is 19.4. The van der Waals surface area contributed by atoms with Crippen LogP contribution in [-0.2, 0) is 16.1 Å². The summed E-state index contributed by atoms with van der Waals surface area (Å²) in [7, 11) is 0. The molecule has 0 fully saturated rings. The number of aromatic nitrogens is 2. The molecule has 0 aliphatic carbocycles. The molecule has 108 valence electrons. The number of hydrogen-bond donors (Lipinski definition) is 1. The van der Waals surface area contributed by atoms with E-state index in [4.69, 9.17) is 5.73 Å². The van der Waals surface area contributed by atoms with E-state index in [0.717, 1.165) is 0 Å². The summed E-state index contributed by atoms with van der Waals surface area (Å²) in [5.41, 5.74) is 5.91. The predicted molar refractivity (Wildman–Crippen MR) is 61.1 cm³/mol. The van der Waals surface area contributed by atoms with Gasteiger partial charge in [-0.25, -0.2) is 9.78 Å². The maximum atomic E-state index is 12.2. The van der Waals surface area contributed by atoms with E-state index in [9.17, 15) is 18.0 Å². The minimum absolute atomic E-state index is 0.216. The molecule has 0 bridgehead atoms. The number of carbonyl (C=O) groups is 1. The normalized spacial score (nSPS) is 15.1. The molecule has 0 saturated heterocycles. The Kier molecular flexibility index (Phi) is 4.93. The Bertz CT molecular complexity index is 431. The summed E-state index contributed by atoms with van der Waals surface area (Å²) in [5, 5.41) is 0. The van der Waals surface area contributed by atoms with Crippen LogP contribution in [0.25, 0.3) is 0 Å². The minimum Gasteiger partial charge on any atom is -0.447 e. The van der Waals surface area contributed by atoms with Crippen LogP contribution in [-0.4, -0.2) is 27.7 Å². The van der Waals surface area contributed by atoms with E-state index >= 15 is 0 Å². The first kappa shape index (κ1) is 15.5. The van der Waals surface area contributed by atoms with Gasteiger partial charge in [-0.3, -0.25) is 0 Å². The highest BCUT2D eigenvalue weighted by Gasteiger charge is 2.43. The third-order valence-corrected chi connectivity index (χ3v) is 2.64. The fourth-order valence-electron chi connectivity index (χ4n) is 1.46. The standard InChI is InChI=1S/C11H16F3N3O2/c1-3-7(15)9(19-10(18)11(12,13)14)8-5-17(4-2)6-16-8/h5-7,9H,3-4,15H2,1-2H3. The zero-order valence-corrected chi connectivity index (χ0v) is 10.6. The molecule has 1 rings (SSSR count). The third-order valence-electron chi connectivity index (χ3n) is 2.64. The molecule has 1 aromatic rings. The molecule has 1 aromatic heterocycles. The molecule has 0 aromatic carbocycles. The summed E-state index contributed by atoms with van der Waals surface area (Å²) in [4.78, 5) is 14.8. The molecule has 2 unspecified atom stereocenters. The van der Waals surface area contributed by atoms with Crippen LogP contribution in [0.2, 0.25) is 0 Å². The number of imidazole rings is 1. The monoisotopic (exact) mass is 279 g/mol. The van der Waals surface area contributed by atoms with Gasteiger partial charge in [-0.05, 0) is 13.3 Å². The van der Waals surface area contributed by atoms with Gasteiger partial charge in [-0.1, -0.05) is 6.92 Å². The molecule has 8 heteroatoms. The van der Waals surface area contributed by atoms with E-state index in [1.807, 2.05) is 6.92 Å². The molecular weight excluding hydrogens is 263 g/mol. The van der Waals surface area contributed by atoms with Crippen LogP contribution in [0.5, 0.6) is 0 Å². The molecule has 19 heavy (non-hydrogen) atoms.